The number of hydrogen-bond acceptors (Lipinski definition) is 5. The highest BCUT2D eigenvalue weighted by molar-refractivity contribution is 7.90. The van der Waals surface area contributed by atoms with Crippen LogP contribution < -0.4 is 10.6 Å². The molecule has 138 valence electrons. The van der Waals surface area contributed by atoms with E-state index in [2.05, 4.69) is 5.32 Å². The van der Waals surface area contributed by atoms with Gasteiger partial charge >= 0.3 is 12.1 Å². The van der Waals surface area contributed by atoms with E-state index in [9.17, 15) is 36.0 Å². The highest BCUT2D eigenvalue weighted by atomic mass is 32.2. The van der Waals surface area contributed by atoms with Gasteiger partial charge in [0.15, 0.2) is 9.84 Å². The molecule has 1 rings (SSSR count). The third kappa shape index (κ3) is 7.20. The summed E-state index contributed by atoms with van der Waals surface area (Å²) in [5.74, 6) is -3.70. The molecule has 0 fully saturated rings. The molecule has 0 spiro atoms. The van der Waals surface area contributed by atoms with Crippen molar-refractivity contribution in [1.82, 2.24) is 5.32 Å². The lowest BCUT2D eigenvalue weighted by Crippen LogP contribution is -2.35. The molecular weight excluding hydrogens is 369 g/mol. The summed E-state index contributed by atoms with van der Waals surface area (Å²) in [6, 6.07) is 2.79. The molecule has 1 aromatic carbocycles. The van der Waals surface area contributed by atoms with Crippen molar-refractivity contribution in [2.45, 2.75) is 17.5 Å². The quantitative estimate of drug-likeness (QED) is 0.624. The Labute approximate surface area is 139 Å². The van der Waals surface area contributed by atoms with Gasteiger partial charge in [0.2, 0.25) is 11.8 Å². The summed E-state index contributed by atoms with van der Waals surface area (Å²) in [6.07, 6.45) is -4.77. The molecule has 0 bridgehead atoms. The number of carbonyl (C=O) groups excluding carboxylic acids is 2. The maximum Gasteiger partial charge on any atom is 0.405 e. The van der Waals surface area contributed by atoms with E-state index in [0.29, 0.717) is 0 Å². The van der Waals surface area contributed by atoms with Crippen molar-refractivity contribution in [2.75, 3.05) is 18.1 Å². The summed E-state index contributed by atoms with van der Waals surface area (Å²) in [5, 5.41) is 12.5. The Morgan fingerprint density at radius 1 is 1.12 bits per heavy atom. The largest absolute Gasteiger partial charge is 0.478 e. The number of alkyl halides is 3. The van der Waals surface area contributed by atoms with E-state index in [1.54, 1.807) is 0 Å². The molecule has 0 saturated heterocycles. The molecule has 0 heterocycles. The predicted molar refractivity (Wildman–Crippen MR) is 78.8 cm³/mol. The van der Waals surface area contributed by atoms with Crippen LogP contribution in [0.4, 0.5) is 18.9 Å². The van der Waals surface area contributed by atoms with Crippen LogP contribution in [0.1, 0.15) is 16.8 Å². The minimum atomic E-state index is -4.63. The Morgan fingerprint density at radius 2 is 1.72 bits per heavy atom. The lowest BCUT2D eigenvalue weighted by Gasteiger charge is -2.10. The number of carboxylic acid groups (broad SMARTS) is 1. The van der Waals surface area contributed by atoms with Crippen LogP contribution >= 0.6 is 0 Å². The monoisotopic (exact) mass is 382 g/mol. The van der Waals surface area contributed by atoms with Crippen LogP contribution in [0.15, 0.2) is 23.1 Å². The smallest absolute Gasteiger partial charge is 0.405 e. The molecule has 2 amide bonds. The summed E-state index contributed by atoms with van der Waals surface area (Å²) in [5.41, 5.74) is -0.659. The number of carboxylic acids is 1. The summed E-state index contributed by atoms with van der Waals surface area (Å²) < 4.78 is 58.9. The number of aromatic carboxylic acids is 1. The number of nitrogens with one attached hydrogen (secondary N) is 2. The number of amides is 2. The molecule has 0 saturated carbocycles. The first-order valence-corrected chi connectivity index (χ1v) is 8.39. The Balaban J connectivity index is 2.88. The molecule has 0 aliphatic rings. The van der Waals surface area contributed by atoms with Gasteiger partial charge in [0.25, 0.3) is 0 Å². The van der Waals surface area contributed by atoms with Crippen LogP contribution in [-0.2, 0) is 19.4 Å². The van der Waals surface area contributed by atoms with Crippen molar-refractivity contribution in [3.05, 3.63) is 23.8 Å². The van der Waals surface area contributed by atoms with Crippen molar-refractivity contribution < 1.29 is 41.1 Å². The molecule has 0 aliphatic heterocycles. The van der Waals surface area contributed by atoms with Crippen molar-refractivity contribution >= 4 is 33.3 Å². The summed E-state index contributed by atoms with van der Waals surface area (Å²) in [6.45, 7) is -1.61. The van der Waals surface area contributed by atoms with Crippen molar-refractivity contribution in [3.63, 3.8) is 0 Å². The number of hydrogen-bond donors (Lipinski definition) is 3. The lowest BCUT2D eigenvalue weighted by atomic mass is 10.2. The van der Waals surface area contributed by atoms with Crippen molar-refractivity contribution in [3.8, 4) is 0 Å². The Kier molecular flexibility index (Phi) is 6.13. The molecule has 25 heavy (non-hydrogen) atoms. The second-order valence-electron chi connectivity index (χ2n) is 4.94. The topological polar surface area (TPSA) is 130 Å². The first-order valence-electron chi connectivity index (χ1n) is 6.49. The highest BCUT2D eigenvalue weighted by Gasteiger charge is 2.28. The fraction of sp³-hybridized carbons (Fsp3) is 0.308. The molecule has 0 unspecified atom stereocenters. The molecule has 0 radical (unpaired) electrons. The van der Waals surface area contributed by atoms with E-state index < -0.39 is 52.3 Å². The summed E-state index contributed by atoms with van der Waals surface area (Å²) in [7, 11) is -3.78. The van der Waals surface area contributed by atoms with E-state index in [1.807, 2.05) is 0 Å². The van der Waals surface area contributed by atoms with Gasteiger partial charge in [0.05, 0.1) is 10.5 Å². The Hall–Kier alpha value is -2.63. The number of benzene rings is 1. The molecule has 0 aromatic heterocycles. The standard InChI is InChI=1S/C13H13F3N2O6S/c1-25(23,24)9-3-7(12(21)22)2-8(4-9)18-11(20)5-10(19)17-6-13(14,15)16/h2-4H,5-6H2,1H3,(H,17,19)(H,18,20)(H,21,22). The molecule has 0 aliphatic carbocycles. The van der Waals surface area contributed by atoms with Crippen LogP contribution in [0, 0.1) is 0 Å². The normalized spacial score (nSPS) is 11.7. The van der Waals surface area contributed by atoms with Crippen molar-refractivity contribution in [2.24, 2.45) is 0 Å². The van der Waals surface area contributed by atoms with Gasteiger partial charge in [0.1, 0.15) is 13.0 Å². The molecule has 1 aromatic rings. The van der Waals surface area contributed by atoms with Crippen LogP contribution in [0.2, 0.25) is 0 Å². The number of rotatable bonds is 6. The van der Waals surface area contributed by atoms with Crippen LogP contribution in [-0.4, -0.2) is 50.3 Å². The second-order valence-corrected chi connectivity index (χ2v) is 6.96. The van der Waals surface area contributed by atoms with Gasteiger partial charge in [-0.05, 0) is 18.2 Å². The first kappa shape index (κ1) is 20.4. The fourth-order valence-electron chi connectivity index (χ4n) is 1.62. The zero-order chi connectivity index (χ0) is 19.4. The van der Waals surface area contributed by atoms with Crippen LogP contribution in [0.5, 0.6) is 0 Å². The second kappa shape index (κ2) is 7.51. The average Bonchev–Trinajstić information content (AvgIpc) is 2.42. The molecule has 0 atom stereocenters. The Morgan fingerprint density at radius 3 is 2.20 bits per heavy atom. The predicted octanol–water partition coefficient (Wildman–Crippen LogP) is 0.795. The van der Waals surface area contributed by atoms with E-state index in [4.69, 9.17) is 5.11 Å². The molecule has 12 heteroatoms. The zero-order valence-electron chi connectivity index (χ0n) is 12.7. The maximum absolute atomic E-state index is 11.9. The van der Waals surface area contributed by atoms with Gasteiger partial charge in [-0.1, -0.05) is 0 Å². The fourth-order valence-corrected chi connectivity index (χ4v) is 2.30. The van der Waals surface area contributed by atoms with Crippen molar-refractivity contribution in [1.29, 1.82) is 0 Å². The minimum absolute atomic E-state index is 0.228. The number of halogens is 3. The average molecular weight is 382 g/mol. The SMILES string of the molecule is CS(=O)(=O)c1cc(NC(=O)CC(=O)NCC(F)(F)F)cc(C(=O)O)c1. The van der Waals surface area contributed by atoms with Crippen LogP contribution in [0.3, 0.4) is 0 Å². The lowest BCUT2D eigenvalue weighted by molar-refractivity contribution is -0.140. The summed E-state index contributed by atoms with van der Waals surface area (Å²) in [4.78, 5) is 33.5. The van der Waals surface area contributed by atoms with Gasteiger partial charge in [-0.3, -0.25) is 9.59 Å². The van der Waals surface area contributed by atoms with E-state index in [-0.39, 0.29) is 10.6 Å². The van der Waals surface area contributed by atoms with Crippen LogP contribution in [0.25, 0.3) is 0 Å². The first-order chi connectivity index (χ1) is 11.3. The van der Waals surface area contributed by atoms with E-state index in [1.165, 1.54) is 5.32 Å². The van der Waals surface area contributed by atoms with Gasteiger partial charge in [-0.2, -0.15) is 13.2 Å². The Bertz CT molecular complexity index is 804. The maximum atomic E-state index is 11.9. The summed E-state index contributed by atoms with van der Waals surface area (Å²) >= 11 is 0. The number of sulfone groups is 1. The minimum Gasteiger partial charge on any atom is -0.478 e. The molecule has 3 N–H and O–H groups in total. The van der Waals surface area contributed by atoms with Gasteiger partial charge < -0.3 is 15.7 Å². The van der Waals surface area contributed by atoms with E-state index in [0.717, 1.165) is 24.5 Å². The third-order valence-electron chi connectivity index (χ3n) is 2.67. The van der Waals surface area contributed by atoms with Gasteiger partial charge in [0, 0.05) is 11.9 Å². The number of carbonyl (C=O) groups is 3. The third-order valence-corrected chi connectivity index (χ3v) is 3.76. The van der Waals surface area contributed by atoms with E-state index >= 15 is 0 Å². The van der Waals surface area contributed by atoms with Gasteiger partial charge in [-0.25, -0.2) is 13.2 Å². The number of anilines is 1. The molecule has 8 nitrogen and oxygen atoms in total. The van der Waals surface area contributed by atoms with Gasteiger partial charge in [-0.15, -0.1) is 0 Å². The molecular formula is C13H13F3N2O6S. The zero-order valence-corrected chi connectivity index (χ0v) is 13.5. The highest BCUT2D eigenvalue weighted by Crippen LogP contribution is 2.19.